The number of benzene rings is 1. The standard InChI is InChI=1S/C19H22Cl2N6S/c1-13-18(24-19(28)22-7-3-9-26-10-4-8-23-26)14(2)27(25-13)12-15-5-6-16(20)17(21)11-15/h4-6,8,10-11H,3,7,9,12H2,1-2H3,(H2,22,24,28). The van der Waals surface area contributed by atoms with Gasteiger partial charge in [-0.15, -0.1) is 0 Å². The third-order valence-electron chi connectivity index (χ3n) is 4.35. The average molecular weight is 437 g/mol. The summed E-state index contributed by atoms with van der Waals surface area (Å²) in [7, 11) is 0. The molecule has 0 unspecified atom stereocenters. The monoisotopic (exact) mass is 436 g/mol. The number of hydrogen-bond donors (Lipinski definition) is 2. The van der Waals surface area contributed by atoms with Crippen LogP contribution in [0.15, 0.2) is 36.7 Å². The van der Waals surface area contributed by atoms with Gasteiger partial charge in [-0.25, -0.2) is 0 Å². The van der Waals surface area contributed by atoms with Crippen LogP contribution in [-0.2, 0) is 13.1 Å². The Morgan fingerprint density at radius 2 is 2.04 bits per heavy atom. The lowest BCUT2D eigenvalue weighted by atomic mass is 10.2. The molecule has 0 spiro atoms. The van der Waals surface area contributed by atoms with Crippen LogP contribution in [0, 0.1) is 13.8 Å². The molecule has 1 aromatic carbocycles. The maximum Gasteiger partial charge on any atom is 0.170 e. The van der Waals surface area contributed by atoms with Crippen LogP contribution in [0.25, 0.3) is 0 Å². The zero-order valence-corrected chi connectivity index (χ0v) is 18.1. The maximum absolute atomic E-state index is 6.11. The number of nitrogens with one attached hydrogen (secondary N) is 2. The van der Waals surface area contributed by atoms with E-state index in [4.69, 9.17) is 35.4 Å². The lowest BCUT2D eigenvalue weighted by molar-refractivity contribution is 0.574. The van der Waals surface area contributed by atoms with Crippen molar-refractivity contribution in [2.75, 3.05) is 11.9 Å². The first-order valence-corrected chi connectivity index (χ1v) is 10.1. The van der Waals surface area contributed by atoms with E-state index in [2.05, 4.69) is 20.8 Å². The quantitative estimate of drug-likeness (QED) is 0.423. The summed E-state index contributed by atoms with van der Waals surface area (Å²) in [5.41, 5.74) is 3.85. The summed E-state index contributed by atoms with van der Waals surface area (Å²) >= 11 is 17.5. The van der Waals surface area contributed by atoms with Crippen LogP contribution in [-0.4, -0.2) is 31.2 Å². The molecule has 3 aromatic rings. The van der Waals surface area contributed by atoms with Crippen LogP contribution in [0.2, 0.25) is 10.0 Å². The molecule has 0 fully saturated rings. The van der Waals surface area contributed by atoms with E-state index in [-0.39, 0.29) is 0 Å². The van der Waals surface area contributed by atoms with Gasteiger partial charge in [-0.3, -0.25) is 9.36 Å². The normalized spacial score (nSPS) is 10.9. The predicted molar refractivity (Wildman–Crippen MR) is 118 cm³/mol. The number of aryl methyl sites for hydroxylation is 2. The summed E-state index contributed by atoms with van der Waals surface area (Å²) in [6, 6.07) is 7.52. The van der Waals surface area contributed by atoms with Gasteiger partial charge in [0, 0.05) is 25.5 Å². The van der Waals surface area contributed by atoms with E-state index < -0.39 is 0 Å². The Labute approximate surface area is 179 Å². The first-order valence-electron chi connectivity index (χ1n) is 8.94. The molecule has 0 aliphatic carbocycles. The van der Waals surface area contributed by atoms with Crippen molar-refractivity contribution in [3.8, 4) is 0 Å². The molecule has 2 heterocycles. The van der Waals surface area contributed by atoms with E-state index in [9.17, 15) is 0 Å². The van der Waals surface area contributed by atoms with Crippen LogP contribution >= 0.6 is 35.4 Å². The number of rotatable bonds is 7. The number of aromatic nitrogens is 4. The fourth-order valence-corrected chi connectivity index (χ4v) is 3.40. The first-order chi connectivity index (χ1) is 13.4. The van der Waals surface area contributed by atoms with Gasteiger partial charge in [-0.2, -0.15) is 10.2 Å². The van der Waals surface area contributed by atoms with Crippen molar-refractivity contribution >= 4 is 46.2 Å². The van der Waals surface area contributed by atoms with E-state index >= 15 is 0 Å². The van der Waals surface area contributed by atoms with Crippen molar-refractivity contribution in [1.29, 1.82) is 0 Å². The summed E-state index contributed by atoms with van der Waals surface area (Å²) in [6.07, 6.45) is 4.66. The number of halogens is 2. The molecule has 0 atom stereocenters. The van der Waals surface area contributed by atoms with Crippen molar-refractivity contribution < 1.29 is 0 Å². The summed E-state index contributed by atoms with van der Waals surface area (Å²) in [6.45, 7) is 6.19. The molecule has 0 amide bonds. The zero-order chi connectivity index (χ0) is 20.1. The Hall–Kier alpha value is -2.09. The van der Waals surface area contributed by atoms with Crippen molar-refractivity contribution in [2.45, 2.75) is 33.4 Å². The Bertz CT molecular complexity index is 952. The number of nitrogens with zero attached hydrogens (tertiary/aromatic N) is 4. The van der Waals surface area contributed by atoms with E-state index in [0.717, 1.165) is 42.1 Å². The SMILES string of the molecule is Cc1nn(Cc2ccc(Cl)c(Cl)c2)c(C)c1NC(=S)NCCCn1cccn1. The summed E-state index contributed by atoms with van der Waals surface area (Å²) < 4.78 is 3.83. The van der Waals surface area contributed by atoms with Gasteiger partial charge in [0.1, 0.15) is 0 Å². The van der Waals surface area contributed by atoms with E-state index in [1.54, 1.807) is 12.3 Å². The van der Waals surface area contributed by atoms with Gasteiger partial charge in [-0.1, -0.05) is 29.3 Å². The number of anilines is 1. The van der Waals surface area contributed by atoms with Crippen molar-refractivity contribution in [3.63, 3.8) is 0 Å². The lowest BCUT2D eigenvalue weighted by Crippen LogP contribution is -2.30. The highest BCUT2D eigenvalue weighted by Gasteiger charge is 2.13. The predicted octanol–water partition coefficient (Wildman–Crippen LogP) is 4.43. The summed E-state index contributed by atoms with van der Waals surface area (Å²) in [4.78, 5) is 0. The van der Waals surface area contributed by atoms with Gasteiger partial charge < -0.3 is 10.6 Å². The molecule has 0 saturated carbocycles. The highest BCUT2D eigenvalue weighted by atomic mass is 35.5. The smallest absolute Gasteiger partial charge is 0.170 e. The molecule has 0 aliphatic rings. The molecule has 0 radical (unpaired) electrons. The molecule has 2 aromatic heterocycles. The third-order valence-corrected chi connectivity index (χ3v) is 5.33. The van der Waals surface area contributed by atoms with Gasteiger partial charge in [0.15, 0.2) is 5.11 Å². The molecular formula is C19H22Cl2N6S. The van der Waals surface area contributed by atoms with Crippen LogP contribution in [0.5, 0.6) is 0 Å². The van der Waals surface area contributed by atoms with Crippen LogP contribution in [0.3, 0.4) is 0 Å². The Kier molecular flexibility index (Phi) is 6.93. The molecule has 2 N–H and O–H groups in total. The largest absolute Gasteiger partial charge is 0.362 e. The minimum atomic E-state index is 0.541. The highest BCUT2D eigenvalue weighted by molar-refractivity contribution is 7.80. The van der Waals surface area contributed by atoms with Crippen molar-refractivity contribution in [1.82, 2.24) is 24.9 Å². The lowest BCUT2D eigenvalue weighted by Gasteiger charge is -2.11. The molecule has 0 aliphatic heterocycles. The van der Waals surface area contributed by atoms with Gasteiger partial charge in [0.05, 0.1) is 33.7 Å². The molecule has 6 nitrogen and oxygen atoms in total. The van der Waals surface area contributed by atoms with E-state index in [0.29, 0.717) is 21.7 Å². The van der Waals surface area contributed by atoms with Crippen molar-refractivity contribution in [2.24, 2.45) is 0 Å². The molecular weight excluding hydrogens is 415 g/mol. The van der Waals surface area contributed by atoms with Gasteiger partial charge >= 0.3 is 0 Å². The Balaban J connectivity index is 1.56. The fourth-order valence-electron chi connectivity index (χ4n) is 2.88. The maximum atomic E-state index is 6.11. The summed E-state index contributed by atoms with van der Waals surface area (Å²) in [5.74, 6) is 0. The molecule has 28 heavy (non-hydrogen) atoms. The second-order valence-corrected chi connectivity index (χ2v) is 7.68. The second-order valence-electron chi connectivity index (χ2n) is 6.46. The Morgan fingerprint density at radius 3 is 2.75 bits per heavy atom. The average Bonchev–Trinajstić information content (AvgIpc) is 3.26. The van der Waals surface area contributed by atoms with Crippen LogP contribution in [0.1, 0.15) is 23.4 Å². The minimum Gasteiger partial charge on any atom is -0.362 e. The fraction of sp³-hybridized carbons (Fsp3) is 0.316. The minimum absolute atomic E-state index is 0.541. The highest BCUT2D eigenvalue weighted by Crippen LogP contribution is 2.25. The number of thiocarbonyl (C=S) groups is 1. The molecule has 0 bridgehead atoms. The van der Waals surface area contributed by atoms with Crippen LogP contribution < -0.4 is 10.6 Å². The number of hydrogen-bond acceptors (Lipinski definition) is 3. The Morgan fingerprint density at radius 1 is 1.21 bits per heavy atom. The molecule has 3 rings (SSSR count). The van der Waals surface area contributed by atoms with Gasteiger partial charge in [0.25, 0.3) is 0 Å². The summed E-state index contributed by atoms with van der Waals surface area (Å²) in [5, 5.41) is 17.0. The van der Waals surface area contributed by atoms with Gasteiger partial charge in [-0.05, 0) is 56.2 Å². The van der Waals surface area contributed by atoms with Crippen molar-refractivity contribution in [3.05, 3.63) is 63.7 Å². The van der Waals surface area contributed by atoms with Crippen LogP contribution in [0.4, 0.5) is 5.69 Å². The van der Waals surface area contributed by atoms with E-state index in [1.165, 1.54) is 0 Å². The zero-order valence-electron chi connectivity index (χ0n) is 15.7. The second kappa shape index (κ2) is 9.41. The third kappa shape index (κ3) is 5.25. The molecule has 9 heteroatoms. The topological polar surface area (TPSA) is 59.7 Å². The molecule has 0 saturated heterocycles. The van der Waals surface area contributed by atoms with E-state index in [1.807, 2.05) is 47.6 Å². The van der Waals surface area contributed by atoms with Gasteiger partial charge in [0.2, 0.25) is 0 Å². The first kappa shape index (κ1) is 20.6. The molecule has 148 valence electrons.